The van der Waals surface area contributed by atoms with Gasteiger partial charge in [-0.25, -0.2) is 8.42 Å². The molecule has 3 rings (SSSR count). The summed E-state index contributed by atoms with van der Waals surface area (Å²) < 4.78 is 30.2. The molecule has 2 N–H and O–H groups in total. The lowest BCUT2D eigenvalue weighted by atomic mass is 9.99. The second kappa shape index (κ2) is 8.62. The minimum atomic E-state index is -3.93. The van der Waals surface area contributed by atoms with Gasteiger partial charge >= 0.3 is 0 Å². The third kappa shape index (κ3) is 4.75. The van der Waals surface area contributed by atoms with Crippen LogP contribution in [0.15, 0.2) is 53.4 Å². The molecule has 0 saturated heterocycles. The van der Waals surface area contributed by atoms with Crippen LogP contribution >= 0.6 is 0 Å². The van der Waals surface area contributed by atoms with Crippen LogP contribution in [0.5, 0.6) is 5.75 Å². The fourth-order valence-electron chi connectivity index (χ4n) is 2.90. The molecule has 0 radical (unpaired) electrons. The van der Waals surface area contributed by atoms with E-state index in [1.807, 2.05) is 0 Å². The molecule has 2 amide bonds. The highest BCUT2D eigenvalue weighted by molar-refractivity contribution is 7.89. The van der Waals surface area contributed by atoms with E-state index in [1.165, 1.54) is 17.0 Å². The summed E-state index contributed by atoms with van der Waals surface area (Å²) in [5.74, 6) is -0.243. The van der Waals surface area contributed by atoms with Crippen molar-refractivity contribution in [3.63, 3.8) is 0 Å². The number of amides is 2. The maximum absolute atomic E-state index is 12.4. The van der Waals surface area contributed by atoms with Gasteiger partial charge in [0.15, 0.2) is 6.61 Å². The summed E-state index contributed by atoms with van der Waals surface area (Å²) in [5.41, 5.74) is 3.66. The number of anilines is 1. The number of hydrazine groups is 1. The Balaban J connectivity index is 1.64. The van der Waals surface area contributed by atoms with Crippen LogP contribution in [-0.4, -0.2) is 33.4 Å². The molecule has 2 aromatic rings. The lowest BCUT2D eigenvalue weighted by Crippen LogP contribution is -2.49. The zero-order valence-corrected chi connectivity index (χ0v) is 17.0. The van der Waals surface area contributed by atoms with Gasteiger partial charge in [0.2, 0.25) is 0 Å². The fraction of sp³-hybridized carbons (Fsp3) is 0.300. The lowest BCUT2D eigenvalue weighted by Gasteiger charge is -2.28. The van der Waals surface area contributed by atoms with E-state index in [1.54, 1.807) is 36.4 Å². The van der Waals surface area contributed by atoms with E-state index in [0.717, 1.165) is 12.0 Å². The Kier molecular flexibility index (Phi) is 6.19. The van der Waals surface area contributed by atoms with Gasteiger partial charge in [0, 0.05) is 0 Å². The summed E-state index contributed by atoms with van der Waals surface area (Å²) in [4.78, 5) is 27.7. The van der Waals surface area contributed by atoms with Gasteiger partial charge in [0.05, 0.1) is 10.6 Å². The number of carbonyl (C=O) groups is 2. The molecule has 0 unspecified atom stereocenters. The Labute approximate surface area is 169 Å². The molecule has 9 heteroatoms. The minimum Gasteiger partial charge on any atom is -0.482 e. The van der Waals surface area contributed by atoms with E-state index >= 15 is 0 Å². The molecule has 2 aromatic carbocycles. The number of hydrogen-bond donors (Lipinski definition) is 2. The average Bonchev–Trinajstić information content (AvgIpc) is 2.74. The Morgan fingerprint density at radius 1 is 1.17 bits per heavy atom. The highest BCUT2D eigenvalue weighted by atomic mass is 32.2. The van der Waals surface area contributed by atoms with Crippen molar-refractivity contribution in [2.45, 2.75) is 31.1 Å². The molecular formula is C20H23N3O5S. The van der Waals surface area contributed by atoms with Crippen molar-refractivity contribution in [2.75, 3.05) is 18.1 Å². The van der Waals surface area contributed by atoms with Gasteiger partial charge in [-0.05, 0) is 42.2 Å². The van der Waals surface area contributed by atoms with Gasteiger partial charge in [0.25, 0.3) is 21.8 Å². The Morgan fingerprint density at radius 3 is 2.55 bits per heavy atom. The van der Waals surface area contributed by atoms with Crippen LogP contribution in [0.4, 0.5) is 5.69 Å². The number of hydrogen-bond acceptors (Lipinski definition) is 5. The molecule has 0 bridgehead atoms. The van der Waals surface area contributed by atoms with Crippen LogP contribution < -0.4 is 19.9 Å². The predicted molar refractivity (Wildman–Crippen MR) is 108 cm³/mol. The van der Waals surface area contributed by atoms with E-state index < -0.39 is 15.9 Å². The summed E-state index contributed by atoms with van der Waals surface area (Å²) in [5, 5.41) is 0. The van der Waals surface area contributed by atoms with Crippen molar-refractivity contribution in [1.29, 1.82) is 0 Å². The summed E-state index contributed by atoms with van der Waals surface area (Å²) in [6.45, 7) is 3.60. The molecule has 8 nitrogen and oxygen atoms in total. The topological polar surface area (TPSA) is 105 Å². The molecule has 1 atom stereocenters. The molecule has 29 heavy (non-hydrogen) atoms. The molecule has 0 aromatic heterocycles. The van der Waals surface area contributed by atoms with Crippen molar-refractivity contribution >= 4 is 27.5 Å². The van der Waals surface area contributed by atoms with Crippen molar-refractivity contribution in [3.8, 4) is 5.75 Å². The second-order valence-electron chi connectivity index (χ2n) is 6.77. The maximum atomic E-state index is 12.4. The van der Waals surface area contributed by atoms with Crippen LogP contribution in [0.25, 0.3) is 0 Å². The summed E-state index contributed by atoms with van der Waals surface area (Å²) in [6.07, 6.45) is 0.948. The summed E-state index contributed by atoms with van der Waals surface area (Å²) >= 11 is 0. The number of para-hydroxylation sites is 2. The number of rotatable bonds is 7. The van der Waals surface area contributed by atoms with Crippen LogP contribution in [-0.2, 0) is 19.6 Å². The van der Waals surface area contributed by atoms with E-state index in [9.17, 15) is 18.0 Å². The highest BCUT2D eigenvalue weighted by Crippen LogP contribution is 2.31. The molecule has 1 heterocycles. The summed E-state index contributed by atoms with van der Waals surface area (Å²) in [6, 6.07) is 13.3. The van der Waals surface area contributed by atoms with Gasteiger partial charge in [-0.2, -0.15) is 0 Å². The Hall–Kier alpha value is -2.91. The third-order valence-corrected chi connectivity index (χ3v) is 6.07. The highest BCUT2D eigenvalue weighted by Gasteiger charge is 2.27. The second-order valence-corrected chi connectivity index (χ2v) is 8.45. The molecule has 154 valence electrons. The van der Waals surface area contributed by atoms with Crippen LogP contribution in [0, 0.1) is 0 Å². The predicted octanol–water partition coefficient (Wildman–Crippen LogP) is 1.94. The van der Waals surface area contributed by atoms with Crippen LogP contribution in [0.3, 0.4) is 0 Å². The monoisotopic (exact) mass is 417 g/mol. The van der Waals surface area contributed by atoms with Gasteiger partial charge < -0.3 is 4.74 Å². The molecule has 1 aliphatic rings. The first-order chi connectivity index (χ1) is 13.8. The fourth-order valence-corrected chi connectivity index (χ4v) is 3.77. The largest absolute Gasteiger partial charge is 0.482 e. The lowest BCUT2D eigenvalue weighted by molar-refractivity contribution is -0.125. The molecule has 0 aliphatic carbocycles. The van der Waals surface area contributed by atoms with E-state index in [-0.39, 0.29) is 24.0 Å². The van der Waals surface area contributed by atoms with Crippen molar-refractivity contribution in [1.82, 2.24) is 10.3 Å². The first kappa shape index (κ1) is 20.8. The van der Waals surface area contributed by atoms with Gasteiger partial charge in [0.1, 0.15) is 12.3 Å². The zero-order valence-electron chi connectivity index (χ0n) is 16.2. The molecule has 0 fully saturated rings. The van der Waals surface area contributed by atoms with E-state index in [2.05, 4.69) is 24.1 Å². The first-order valence-electron chi connectivity index (χ1n) is 9.24. The van der Waals surface area contributed by atoms with Crippen molar-refractivity contribution in [3.05, 3.63) is 54.1 Å². The van der Waals surface area contributed by atoms with Crippen LogP contribution in [0.2, 0.25) is 0 Å². The van der Waals surface area contributed by atoms with E-state index in [0.29, 0.717) is 17.4 Å². The minimum absolute atomic E-state index is 0.0395. The third-order valence-electron chi connectivity index (χ3n) is 4.81. The zero-order chi connectivity index (χ0) is 21.0. The molecule has 0 saturated carbocycles. The number of nitrogens with one attached hydrogen (secondary N) is 2. The quantitative estimate of drug-likeness (QED) is 0.670. The maximum Gasteiger partial charge on any atom is 0.265 e. The first-order valence-corrected chi connectivity index (χ1v) is 10.7. The average molecular weight is 417 g/mol. The molecule has 1 aliphatic heterocycles. The smallest absolute Gasteiger partial charge is 0.265 e. The molecular weight excluding hydrogens is 394 g/mol. The number of nitrogens with zero attached hydrogens (tertiary/aromatic N) is 1. The number of fused-ring (bicyclic) bond motifs is 1. The Morgan fingerprint density at radius 2 is 1.86 bits per heavy atom. The summed E-state index contributed by atoms with van der Waals surface area (Å²) in [7, 11) is -3.93. The van der Waals surface area contributed by atoms with E-state index in [4.69, 9.17) is 4.74 Å². The number of carbonyl (C=O) groups excluding carboxylic acids is 2. The number of ether oxygens (including phenoxy) is 1. The van der Waals surface area contributed by atoms with Crippen molar-refractivity contribution < 1.29 is 22.7 Å². The van der Waals surface area contributed by atoms with Gasteiger partial charge in [-0.3, -0.25) is 19.9 Å². The number of sulfonamides is 1. The standard InChI is InChI=1S/C20H23N3O5S/c1-3-14(2)15-8-10-16(11-9-15)29(26,27)22-21-19(24)12-23-17-6-4-5-7-18(17)28-13-20(23)25/h4-11,14,22H,3,12-13H2,1-2H3,(H,21,24)/t14-/m0/s1. The SMILES string of the molecule is CC[C@H](C)c1ccc(S(=O)(=O)NNC(=O)CN2C(=O)COc3ccccc32)cc1. The van der Waals surface area contributed by atoms with Crippen molar-refractivity contribution in [2.24, 2.45) is 0 Å². The molecule has 0 spiro atoms. The Bertz CT molecular complexity index is 1010. The van der Waals surface area contributed by atoms with Gasteiger partial charge in [-0.1, -0.05) is 38.1 Å². The number of benzene rings is 2. The normalized spacial score (nSPS) is 14.7. The van der Waals surface area contributed by atoms with Crippen LogP contribution in [0.1, 0.15) is 31.7 Å². The van der Waals surface area contributed by atoms with Gasteiger partial charge in [-0.15, -0.1) is 4.83 Å².